The topological polar surface area (TPSA) is 26.3 Å². The van der Waals surface area contributed by atoms with Gasteiger partial charge in [-0.15, -0.1) is 0 Å². The molecular weight excluding hydrogens is 406 g/mol. The largest absolute Gasteiger partial charge is 0.487 e. The van der Waals surface area contributed by atoms with Crippen LogP contribution in [-0.2, 0) is 5.41 Å². The van der Waals surface area contributed by atoms with Crippen molar-refractivity contribution in [2.24, 2.45) is 0 Å². The van der Waals surface area contributed by atoms with Crippen molar-refractivity contribution >= 4 is 5.78 Å². The molecule has 0 fully saturated rings. The third-order valence-corrected chi connectivity index (χ3v) is 7.25. The van der Waals surface area contributed by atoms with Crippen LogP contribution in [0, 0.1) is 6.92 Å². The Kier molecular flexibility index (Phi) is 8.10. The van der Waals surface area contributed by atoms with Crippen LogP contribution in [-0.4, -0.2) is 43.6 Å². The standard InChI is InChI=1S/C30H38NO2/c1-6-31(5,7-2)20-21-33-29-19-18-27(22-24(29)3)30(4,26-16-12-9-13-17-26)23-28(32)25-14-10-8-11-15-25/h8-19,22H,6-7,20-21,23H2,1-5H3/q+1. The highest BCUT2D eigenvalue weighted by Gasteiger charge is 2.32. The van der Waals surface area contributed by atoms with Gasteiger partial charge >= 0.3 is 0 Å². The van der Waals surface area contributed by atoms with E-state index in [9.17, 15) is 4.79 Å². The molecular formula is C30H38NO2+. The molecule has 1 unspecified atom stereocenters. The molecule has 3 rings (SSSR count). The highest BCUT2D eigenvalue weighted by Crippen LogP contribution is 2.38. The van der Waals surface area contributed by atoms with Gasteiger partial charge in [0.05, 0.1) is 20.1 Å². The predicted octanol–water partition coefficient (Wildman–Crippen LogP) is 6.44. The quantitative estimate of drug-likeness (QED) is 0.251. The molecule has 0 amide bonds. The number of ketones is 1. The van der Waals surface area contributed by atoms with Gasteiger partial charge in [-0.05, 0) is 43.5 Å². The summed E-state index contributed by atoms with van der Waals surface area (Å²) >= 11 is 0. The molecule has 3 aromatic carbocycles. The molecule has 1 atom stereocenters. The van der Waals surface area contributed by atoms with Crippen molar-refractivity contribution in [2.45, 2.75) is 39.5 Å². The molecule has 0 saturated heterocycles. The highest BCUT2D eigenvalue weighted by molar-refractivity contribution is 5.97. The second-order valence-electron chi connectivity index (χ2n) is 9.47. The lowest BCUT2D eigenvalue weighted by Gasteiger charge is -2.32. The number of carbonyl (C=O) groups is 1. The third kappa shape index (κ3) is 5.91. The zero-order chi connectivity index (χ0) is 23.9. The maximum atomic E-state index is 13.2. The van der Waals surface area contributed by atoms with Crippen LogP contribution in [0.25, 0.3) is 0 Å². The van der Waals surface area contributed by atoms with Crippen molar-refractivity contribution in [1.29, 1.82) is 0 Å². The molecule has 0 saturated carbocycles. The van der Waals surface area contributed by atoms with E-state index >= 15 is 0 Å². The number of nitrogens with zero attached hydrogens (tertiary/aromatic N) is 1. The molecule has 0 bridgehead atoms. The first-order chi connectivity index (χ1) is 15.8. The van der Waals surface area contributed by atoms with Gasteiger partial charge in [-0.2, -0.15) is 0 Å². The Morgan fingerprint density at radius 1 is 0.879 bits per heavy atom. The van der Waals surface area contributed by atoms with Crippen LogP contribution < -0.4 is 4.74 Å². The molecule has 33 heavy (non-hydrogen) atoms. The van der Waals surface area contributed by atoms with Gasteiger partial charge in [-0.3, -0.25) is 4.79 Å². The van der Waals surface area contributed by atoms with Crippen LogP contribution in [0.5, 0.6) is 5.75 Å². The van der Waals surface area contributed by atoms with Gasteiger partial charge in [0.15, 0.2) is 5.78 Å². The molecule has 0 aliphatic heterocycles. The van der Waals surface area contributed by atoms with Crippen molar-refractivity contribution in [1.82, 2.24) is 0 Å². The lowest BCUT2D eigenvalue weighted by Crippen LogP contribution is -2.46. The van der Waals surface area contributed by atoms with Crippen LogP contribution in [0.3, 0.4) is 0 Å². The monoisotopic (exact) mass is 444 g/mol. The van der Waals surface area contributed by atoms with Crippen LogP contribution in [0.15, 0.2) is 78.9 Å². The van der Waals surface area contributed by atoms with E-state index < -0.39 is 5.41 Å². The Hall–Kier alpha value is -2.91. The number of ether oxygens (including phenoxy) is 1. The molecule has 3 nitrogen and oxygen atoms in total. The summed E-state index contributed by atoms with van der Waals surface area (Å²) in [6.45, 7) is 12.6. The molecule has 174 valence electrons. The lowest BCUT2D eigenvalue weighted by molar-refractivity contribution is -0.906. The van der Waals surface area contributed by atoms with Crippen molar-refractivity contribution in [3.63, 3.8) is 0 Å². The predicted molar refractivity (Wildman–Crippen MR) is 137 cm³/mol. The van der Waals surface area contributed by atoms with E-state index in [1.54, 1.807) is 0 Å². The van der Waals surface area contributed by atoms with Crippen LogP contribution in [0.2, 0.25) is 0 Å². The Balaban J connectivity index is 1.87. The van der Waals surface area contributed by atoms with Crippen molar-refractivity contribution in [3.05, 3.63) is 101 Å². The number of Topliss-reactive ketones (excluding diaryl/α,β-unsaturated/α-hetero) is 1. The number of carbonyl (C=O) groups excluding carboxylic acids is 1. The van der Waals surface area contributed by atoms with Gasteiger partial charge < -0.3 is 9.22 Å². The number of aryl methyl sites for hydroxylation is 1. The molecule has 0 heterocycles. The molecule has 0 aliphatic carbocycles. The molecule has 0 aromatic heterocycles. The fourth-order valence-corrected chi connectivity index (χ4v) is 4.29. The van der Waals surface area contributed by atoms with Crippen LogP contribution in [0.4, 0.5) is 0 Å². The average Bonchev–Trinajstić information content (AvgIpc) is 2.85. The van der Waals surface area contributed by atoms with Crippen molar-refractivity contribution < 1.29 is 14.0 Å². The summed E-state index contributed by atoms with van der Waals surface area (Å²) in [7, 11) is 2.27. The summed E-state index contributed by atoms with van der Waals surface area (Å²) < 4.78 is 7.18. The molecule has 0 N–H and O–H groups in total. The highest BCUT2D eigenvalue weighted by atomic mass is 16.5. The van der Waals surface area contributed by atoms with E-state index in [0.29, 0.717) is 13.0 Å². The summed E-state index contributed by atoms with van der Waals surface area (Å²) in [4.78, 5) is 13.2. The molecule has 0 aliphatic rings. The van der Waals surface area contributed by atoms with Crippen molar-refractivity contribution in [3.8, 4) is 5.75 Å². The number of likely N-dealkylation sites (N-methyl/N-ethyl adjacent to an activating group) is 1. The van der Waals surface area contributed by atoms with Gasteiger partial charge in [0.2, 0.25) is 0 Å². The van der Waals surface area contributed by atoms with E-state index in [0.717, 1.165) is 52.1 Å². The number of hydrogen-bond acceptors (Lipinski definition) is 2. The Morgan fingerprint density at radius 3 is 2.06 bits per heavy atom. The van der Waals surface area contributed by atoms with E-state index in [1.807, 2.05) is 48.5 Å². The smallest absolute Gasteiger partial charge is 0.164 e. The van der Waals surface area contributed by atoms with Crippen molar-refractivity contribution in [2.75, 3.05) is 33.3 Å². The minimum absolute atomic E-state index is 0.149. The lowest BCUT2D eigenvalue weighted by atomic mass is 9.72. The second kappa shape index (κ2) is 10.8. The van der Waals surface area contributed by atoms with Crippen LogP contribution >= 0.6 is 0 Å². The van der Waals surface area contributed by atoms with Gasteiger partial charge in [0, 0.05) is 17.4 Å². The fourth-order valence-electron chi connectivity index (χ4n) is 4.29. The summed E-state index contributed by atoms with van der Waals surface area (Å²) in [6.07, 6.45) is 0.406. The summed E-state index contributed by atoms with van der Waals surface area (Å²) in [5.74, 6) is 1.07. The van der Waals surface area contributed by atoms with Gasteiger partial charge in [0.25, 0.3) is 0 Å². The van der Waals surface area contributed by atoms with E-state index in [4.69, 9.17) is 4.74 Å². The minimum atomic E-state index is -0.433. The zero-order valence-corrected chi connectivity index (χ0v) is 20.8. The first kappa shape index (κ1) is 24.7. The zero-order valence-electron chi connectivity index (χ0n) is 20.8. The molecule has 0 spiro atoms. The van der Waals surface area contributed by atoms with E-state index in [1.165, 1.54) is 0 Å². The maximum absolute atomic E-state index is 13.2. The number of quaternary nitrogens is 1. The normalized spacial score (nSPS) is 13.4. The van der Waals surface area contributed by atoms with Gasteiger partial charge in [0.1, 0.15) is 18.9 Å². The number of rotatable bonds is 11. The Labute approximate surface area is 199 Å². The summed E-state index contributed by atoms with van der Waals surface area (Å²) in [5, 5.41) is 0. The van der Waals surface area contributed by atoms with Gasteiger partial charge in [-0.25, -0.2) is 0 Å². The van der Waals surface area contributed by atoms with E-state index in [2.05, 4.69) is 65.1 Å². The average molecular weight is 445 g/mol. The van der Waals surface area contributed by atoms with E-state index in [-0.39, 0.29) is 5.78 Å². The first-order valence-electron chi connectivity index (χ1n) is 12.0. The van der Waals surface area contributed by atoms with Crippen LogP contribution in [0.1, 0.15) is 54.2 Å². The first-order valence-corrected chi connectivity index (χ1v) is 12.0. The summed E-state index contributed by atoms with van der Waals surface area (Å²) in [5.41, 5.74) is 3.69. The molecule has 3 heteroatoms. The summed E-state index contributed by atoms with van der Waals surface area (Å²) in [6, 6.07) is 26.3. The maximum Gasteiger partial charge on any atom is 0.164 e. The Bertz CT molecular complexity index is 1040. The van der Waals surface area contributed by atoms with Gasteiger partial charge in [-0.1, -0.05) is 79.7 Å². The molecule has 3 aromatic rings. The second-order valence-corrected chi connectivity index (χ2v) is 9.47. The fraction of sp³-hybridized carbons (Fsp3) is 0.367. The third-order valence-electron chi connectivity index (χ3n) is 7.25. The SMILES string of the molecule is CC[N+](C)(CC)CCOc1ccc(C(C)(CC(=O)c2ccccc2)c2ccccc2)cc1C. The Morgan fingerprint density at radius 2 is 1.48 bits per heavy atom. The molecule has 0 radical (unpaired) electrons. The number of benzene rings is 3. The number of hydrogen-bond donors (Lipinski definition) is 0. The minimum Gasteiger partial charge on any atom is -0.487 e.